The SMILES string of the molecule is CCCOc1ccc(C(C)NC(=O)Cc2cnn(-c3ccccc3)c2)cc1OCCC. The van der Waals surface area contributed by atoms with Gasteiger partial charge in [-0.15, -0.1) is 0 Å². The van der Waals surface area contributed by atoms with Crippen LogP contribution < -0.4 is 14.8 Å². The smallest absolute Gasteiger partial charge is 0.225 e. The number of para-hydroxylation sites is 1. The molecule has 0 radical (unpaired) electrons. The molecular weight excluding hydrogens is 390 g/mol. The standard InChI is InChI=1S/C25H31N3O3/c1-4-13-30-23-12-11-21(16-24(23)31-14-5-2)19(3)27-25(29)15-20-17-26-28(18-20)22-9-7-6-8-10-22/h6-12,16-19H,4-5,13-15H2,1-3H3,(H,27,29). The zero-order valence-electron chi connectivity index (χ0n) is 18.5. The molecule has 1 heterocycles. The van der Waals surface area contributed by atoms with Crippen molar-refractivity contribution in [1.29, 1.82) is 0 Å². The molecule has 0 aliphatic rings. The van der Waals surface area contributed by atoms with Crippen LogP contribution in [0.3, 0.4) is 0 Å². The fourth-order valence-electron chi connectivity index (χ4n) is 3.18. The Balaban J connectivity index is 1.63. The number of benzene rings is 2. The van der Waals surface area contributed by atoms with E-state index in [1.165, 1.54) is 0 Å². The van der Waals surface area contributed by atoms with Crippen LogP contribution >= 0.6 is 0 Å². The summed E-state index contributed by atoms with van der Waals surface area (Å²) in [5.74, 6) is 1.41. The van der Waals surface area contributed by atoms with E-state index in [4.69, 9.17) is 9.47 Å². The number of nitrogens with one attached hydrogen (secondary N) is 1. The van der Waals surface area contributed by atoms with Gasteiger partial charge in [0.05, 0.1) is 37.6 Å². The van der Waals surface area contributed by atoms with Gasteiger partial charge in [-0.3, -0.25) is 4.79 Å². The van der Waals surface area contributed by atoms with E-state index in [2.05, 4.69) is 24.3 Å². The van der Waals surface area contributed by atoms with Gasteiger partial charge in [0, 0.05) is 6.20 Å². The van der Waals surface area contributed by atoms with Crippen LogP contribution in [0.1, 0.15) is 50.8 Å². The normalized spacial score (nSPS) is 11.7. The minimum atomic E-state index is -0.152. The lowest BCUT2D eigenvalue weighted by Crippen LogP contribution is -2.28. The Kier molecular flexibility index (Phi) is 8.10. The molecule has 0 aliphatic carbocycles. The number of hydrogen-bond acceptors (Lipinski definition) is 4. The van der Waals surface area contributed by atoms with Crippen molar-refractivity contribution in [2.75, 3.05) is 13.2 Å². The molecule has 1 unspecified atom stereocenters. The summed E-state index contributed by atoms with van der Waals surface area (Å²) in [5, 5.41) is 7.42. The molecule has 0 saturated heterocycles. The minimum absolute atomic E-state index is 0.0533. The molecule has 0 fully saturated rings. The van der Waals surface area contributed by atoms with Crippen LogP contribution in [0.25, 0.3) is 5.69 Å². The van der Waals surface area contributed by atoms with Crippen molar-refractivity contribution in [1.82, 2.24) is 15.1 Å². The Morgan fingerprint density at radius 2 is 1.74 bits per heavy atom. The molecule has 3 aromatic rings. The molecule has 1 amide bonds. The molecule has 0 spiro atoms. The number of rotatable bonds is 11. The minimum Gasteiger partial charge on any atom is -0.490 e. The van der Waals surface area contributed by atoms with E-state index in [1.54, 1.807) is 10.9 Å². The van der Waals surface area contributed by atoms with Crippen molar-refractivity contribution in [2.24, 2.45) is 0 Å². The van der Waals surface area contributed by atoms with Crippen molar-refractivity contribution in [3.05, 3.63) is 72.1 Å². The Bertz CT molecular complexity index is 969. The lowest BCUT2D eigenvalue weighted by atomic mass is 10.1. The molecule has 6 nitrogen and oxygen atoms in total. The van der Waals surface area contributed by atoms with Crippen molar-refractivity contribution < 1.29 is 14.3 Å². The number of hydrogen-bond donors (Lipinski definition) is 1. The van der Waals surface area contributed by atoms with Crippen LogP contribution in [0, 0.1) is 0 Å². The van der Waals surface area contributed by atoms with Crippen LogP contribution in [-0.2, 0) is 11.2 Å². The van der Waals surface area contributed by atoms with Gasteiger partial charge in [0.15, 0.2) is 11.5 Å². The van der Waals surface area contributed by atoms with E-state index in [9.17, 15) is 4.79 Å². The highest BCUT2D eigenvalue weighted by molar-refractivity contribution is 5.78. The Hall–Kier alpha value is -3.28. The first-order chi connectivity index (χ1) is 15.1. The molecule has 1 N–H and O–H groups in total. The molecule has 2 aromatic carbocycles. The monoisotopic (exact) mass is 421 g/mol. The fourth-order valence-corrected chi connectivity index (χ4v) is 3.18. The summed E-state index contributed by atoms with van der Waals surface area (Å²) in [7, 11) is 0. The third-order valence-corrected chi connectivity index (χ3v) is 4.79. The van der Waals surface area contributed by atoms with Gasteiger partial charge in [-0.25, -0.2) is 4.68 Å². The van der Waals surface area contributed by atoms with E-state index in [0.29, 0.717) is 13.2 Å². The number of carbonyl (C=O) groups is 1. The predicted octanol–water partition coefficient (Wildman–Crippen LogP) is 4.87. The molecular formula is C25H31N3O3. The number of aromatic nitrogens is 2. The maximum absolute atomic E-state index is 12.6. The Morgan fingerprint density at radius 1 is 1.03 bits per heavy atom. The van der Waals surface area contributed by atoms with E-state index >= 15 is 0 Å². The highest BCUT2D eigenvalue weighted by atomic mass is 16.5. The van der Waals surface area contributed by atoms with E-state index in [-0.39, 0.29) is 18.4 Å². The van der Waals surface area contributed by atoms with Gasteiger partial charge in [0.1, 0.15) is 0 Å². The molecule has 0 aliphatic heterocycles. The zero-order valence-corrected chi connectivity index (χ0v) is 18.5. The van der Waals surface area contributed by atoms with Gasteiger partial charge >= 0.3 is 0 Å². The second kappa shape index (κ2) is 11.2. The van der Waals surface area contributed by atoms with Gasteiger partial charge in [0.2, 0.25) is 5.91 Å². The van der Waals surface area contributed by atoms with E-state index < -0.39 is 0 Å². The third kappa shape index (κ3) is 6.35. The van der Waals surface area contributed by atoms with Crippen LogP contribution in [0.4, 0.5) is 0 Å². The number of ether oxygens (including phenoxy) is 2. The molecule has 0 bridgehead atoms. The van der Waals surface area contributed by atoms with Crippen LogP contribution in [0.15, 0.2) is 60.9 Å². The first-order valence-corrected chi connectivity index (χ1v) is 10.9. The maximum atomic E-state index is 12.6. The second-order valence-electron chi connectivity index (χ2n) is 7.50. The summed E-state index contributed by atoms with van der Waals surface area (Å²) in [6.45, 7) is 7.38. The molecule has 0 saturated carbocycles. The molecule has 164 valence electrons. The van der Waals surface area contributed by atoms with E-state index in [0.717, 1.165) is 41.2 Å². The number of amides is 1. The first-order valence-electron chi connectivity index (χ1n) is 10.9. The number of carbonyl (C=O) groups excluding carboxylic acids is 1. The summed E-state index contributed by atoms with van der Waals surface area (Å²) in [6.07, 6.45) is 5.74. The van der Waals surface area contributed by atoms with Gasteiger partial charge in [0.25, 0.3) is 0 Å². The van der Waals surface area contributed by atoms with Gasteiger partial charge in [-0.2, -0.15) is 5.10 Å². The van der Waals surface area contributed by atoms with Crippen LogP contribution in [0.2, 0.25) is 0 Å². The van der Waals surface area contributed by atoms with Crippen molar-refractivity contribution in [2.45, 2.75) is 46.1 Å². The summed E-state index contributed by atoms with van der Waals surface area (Å²) >= 11 is 0. The van der Waals surface area contributed by atoms with Crippen molar-refractivity contribution in [3.8, 4) is 17.2 Å². The Morgan fingerprint density at radius 3 is 2.45 bits per heavy atom. The fraction of sp³-hybridized carbons (Fsp3) is 0.360. The maximum Gasteiger partial charge on any atom is 0.225 e. The average Bonchev–Trinajstić information content (AvgIpc) is 3.25. The summed E-state index contributed by atoms with van der Waals surface area (Å²) in [6, 6.07) is 15.5. The molecule has 3 rings (SSSR count). The molecule has 1 aromatic heterocycles. The van der Waals surface area contributed by atoms with Gasteiger partial charge in [-0.05, 0) is 55.2 Å². The summed E-state index contributed by atoms with van der Waals surface area (Å²) < 4.78 is 13.4. The van der Waals surface area contributed by atoms with Crippen molar-refractivity contribution >= 4 is 5.91 Å². The third-order valence-electron chi connectivity index (χ3n) is 4.79. The van der Waals surface area contributed by atoms with E-state index in [1.807, 2.05) is 61.7 Å². The molecule has 6 heteroatoms. The predicted molar refractivity (Wildman–Crippen MR) is 122 cm³/mol. The second-order valence-corrected chi connectivity index (χ2v) is 7.50. The lowest BCUT2D eigenvalue weighted by molar-refractivity contribution is -0.121. The average molecular weight is 422 g/mol. The zero-order chi connectivity index (χ0) is 22.1. The summed E-state index contributed by atoms with van der Waals surface area (Å²) in [4.78, 5) is 12.6. The first kappa shape index (κ1) is 22.4. The van der Waals surface area contributed by atoms with Gasteiger partial charge in [-0.1, -0.05) is 38.1 Å². The Labute approximate surface area is 184 Å². The topological polar surface area (TPSA) is 65.4 Å². The number of nitrogens with zero attached hydrogens (tertiary/aromatic N) is 2. The highest BCUT2D eigenvalue weighted by Gasteiger charge is 2.14. The molecule has 1 atom stereocenters. The highest BCUT2D eigenvalue weighted by Crippen LogP contribution is 2.31. The summed E-state index contributed by atoms with van der Waals surface area (Å²) in [5.41, 5.74) is 2.81. The lowest BCUT2D eigenvalue weighted by Gasteiger charge is -2.18. The molecule has 31 heavy (non-hydrogen) atoms. The van der Waals surface area contributed by atoms with Gasteiger partial charge < -0.3 is 14.8 Å². The van der Waals surface area contributed by atoms with Crippen LogP contribution in [-0.4, -0.2) is 28.9 Å². The van der Waals surface area contributed by atoms with Crippen LogP contribution in [0.5, 0.6) is 11.5 Å². The quantitative estimate of drug-likeness (QED) is 0.480. The largest absolute Gasteiger partial charge is 0.490 e. The van der Waals surface area contributed by atoms with Crippen molar-refractivity contribution in [3.63, 3.8) is 0 Å².